The topological polar surface area (TPSA) is 168 Å². The van der Waals surface area contributed by atoms with E-state index in [1.165, 1.54) is 19.4 Å². The maximum Gasteiger partial charge on any atom is 0.475 e. The van der Waals surface area contributed by atoms with Gasteiger partial charge in [0.15, 0.2) is 11.8 Å². The Morgan fingerprint density at radius 2 is 2.10 bits per heavy atom. The van der Waals surface area contributed by atoms with Crippen LogP contribution < -0.4 is 11.4 Å². The van der Waals surface area contributed by atoms with E-state index in [-0.39, 0.29) is 12.4 Å². The number of hydrogen-bond donors (Lipinski definition) is 3. The number of pyridine rings is 1. The van der Waals surface area contributed by atoms with E-state index in [1.807, 2.05) is 0 Å². The van der Waals surface area contributed by atoms with Crippen LogP contribution in [0.1, 0.15) is 24.3 Å². The van der Waals surface area contributed by atoms with Gasteiger partial charge in [-0.2, -0.15) is 4.98 Å². The van der Waals surface area contributed by atoms with Crippen molar-refractivity contribution in [3.8, 4) is 0 Å². The Morgan fingerprint density at radius 1 is 1.37 bits per heavy atom. The second kappa shape index (κ2) is 7.82. The SMILES string of the molecule is CO[C@@H]1[C@H](OP2(=O)OCC[C@@H](c3ccncc3)O2)[C@]1(O)[C@H](O)n1ccc(N)nc1=O. The first-order valence-corrected chi connectivity index (χ1v) is 10.5. The van der Waals surface area contributed by atoms with E-state index in [0.29, 0.717) is 6.42 Å². The highest BCUT2D eigenvalue weighted by atomic mass is 31.2. The minimum Gasteiger partial charge on any atom is -0.383 e. The summed E-state index contributed by atoms with van der Waals surface area (Å²) in [6, 6.07) is 4.72. The first kappa shape index (κ1) is 21.1. The average Bonchev–Trinajstić information content (AvgIpc) is 3.30. The molecule has 1 unspecified atom stereocenters. The second-order valence-corrected chi connectivity index (χ2v) is 8.50. The van der Waals surface area contributed by atoms with Crippen LogP contribution in [0.15, 0.2) is 41.6 Å². The van der Waals surface area contributed by atoms with Gasteiger partial charge in [0.25, 0.3) is 0 Å². The number of ether oxygens (including phenoxy) is 1. The highest BCUT2D eigenvalue weighted by Gasteiger charge is 2.73. The third kappa shape index (κ3) is 3.67. The average molecular weight is 440 g/mol. The molecule has 4 N–H and O–H groups in total. The molecule has 3 heterocycles. The van der Waals surface area contributed by atoms with Crippen LogP contribution in [0, 0.1) is 0 Å². The van der Waals surface area contributed by atoms with Gasteiger partial charge in [-0.05, 0) is 23.8 Å². The molecule has 30 heavy (non-hydrogen) atoms. The summed E-state index contributed by atoms with van der Waals surface area (Å²) in [5.41, 5.74) is 3.21. The summed E-state index contributed by atoms with van der Waals surface area (Å²) in [5, 5.41) is 21.5. The number of aliphatic hydroxyl groups excluding tert-OH is 1. The van der Waals surface area contributed by atoms with E-state index in [9.17, 15) is 19.6 Å². The summed E-state index contributed by atoms with van der Waals surface area (Å²) < 4.78 is 35.2. The Balaban J connectivity index is 1.53. The Kier molecular flexibility index (Phi) is 5.49. The van der Waals surface area contributed by atoms with Gasteiger partial charge in [-0.25, -0.2) is 9.36 Å². The van der Waals surface area contributed by atoms with Crippen molar-refractivity contribution in [3.63, 3.8) is 0 Å². The minimum absolute atomic E-state index is 0.0436. The molecule has 0 aromatic carbocycles. The van der Waals surface area contributed by atoms with Crippen molar-refractivity contribution in [2.75, 3.05) is 19.5 Å². The smallest absolute Gasteiger partial charge is 0.383 e. The Hall–Kier alpha value is -2.18. The number of aromatic nitrogens is 3. The maximum atomic E-state index is 13.1. The third-order valence-corrected chi connectivity index (χ3v) is 6.56. The van der Waals surface area contributed by atoms with Gasteiger partial charge in [0.05, 0.1) is 12.7 Å². The molecule has 0 bridgehead atoms. The predicted octanol–water partition coefficient (Wildman–Crippen LogP) is 0.143. The van der Waals surface area contributed by atoms with E-state index in [2.05, 4.69) is 9.97 Å². The van der Waals surface area contributed by atoms with E-state index in [4.69, 9.17) is 24.0 Å². The standard InChI is InChI=1S/C17H21N4O8P/c1-26-13-14(17(13,24)15(22)21-8-4-12(18)20-16(21)23)29-30(25)27-9-5-11(28-30)10-2-6-19-7-3-10/h2-4,6-8,11,13-15,22,24H,5,9H2,1H3,(H2,18,20,23)/t11-,13+,14-,15-,17-,30?/m0/s1. The van der Waals surface area contributed by atoms with E-state index in [0.717, 1.165) is 10.1 Å². The lowest BCUT2D eigenvalue weighted by Gasteiger charge is -2.29. The molecule has 13 heteroatoms. The van der Waals surface area contributed by atoms with Crippen molar-refractivity contribution in [1.82, 2.24) is 14.5 Å². The lowest BCUT2D eigenvalue weighted by Crippen LogP contribution is -2.38. The van der Waals surface area contributed by atoms with Crippen molar-refractivity contribution in [2.24, 2.45) is 0 Å². The lowest BCUT2D eigenvalue weighted by atomic mass is 10.1. The molecule has 2 aromatic heterocycles. The number of rotatable bonds is 6. The number of phosphoric ester groups is 1. The lowest BCUT2D eigenvalue weighted by molar-refractivity contribution is -0.0892. The van der Waals surface area contributed by atoms with E-state index < -0.39 is 43.7 Å². The molecule has 2 aliphatic rings. The third-order valence-electron chi connectivity index (χ3n) is 5.07. The Morgan fingerprint density at radius 3 is 2.77 bits per heavy atom. The van der Waals surface area contributed by atoms with Gasteiger partial charge in [0.1, 0.15) is 18.0 Å². The van der Waals surface area contributed by atoms with Crippen LogP contribution in [0.5, 0.6) is 0 Å². The van der Waals surface area contributed by atoms with Crippen molar-refractivity contribution < 1.29 is 33.1 Å². The van der Waals surface area contributed by atoms with Crippen molar-refractivity contribution in [2.45, 2.75) is 36.6 Å². The van der Waals surface area contributed by atoms with Gasteiger partial charge in [-0.1, -0.05) is 0 Å². The maximum absolute atomic E-state index is 13.1. The fourth-order valence-electron chi connectivity index (χ4n) is 3.42. The molecule has 162 valence electrons. The molecule has 0 spiro atoms. The fourth-order valence-corrected chi connectivity index (χ4v) is 5.02. The summed E-state index contributed by atoms with van der Waals surface area (Å²) in [4.78, 5) is 19.5. The second-order valence-electron chi connectivity index (χ2n) is 6.93. The number of nitrogen functional groups attached to an aromatic ring is 1. The Labute approximate surface area is 170 Å². The van der Waals surface area contributed by atoms with Crippen molar-refractivity contribution >= 4 is 13.6 Å². The molecule has 1 aliphatic carbocycles. The van der Waals surface area contributed by atoms with Gasteiger partial charge in [-0.3, -0.25) is 23.1 Å². The first-order chi connectivity index (χ1) is 14.3. The quantitative estimate of drug-likeness (QED) is 0.523. The molecule has 0 amide bonds. The van der Waals surface area contributed by atoms with Crippen LogP contribution in [0.4, 0.5) is 5.82 Å². The fraction of sp³-hybridized carbons (Fsp3) is 0.471. The number of nitrogens with two attached hydrogens (primary N) is 1. The van der Waals surface area contributed by atoms with Crippen LogP contribution in [0.3, 0.4) is 0 Å². The number of methoxy groups -OCH3 is 1. The minimum atomic E-state index is -4.10. The zero-order chi connectivity index (χ0) is 21.5. The highest BCUT2D eigenvalue weighted by molar-refractivity contribution is 7.48. The zero-order valence-electron chi connectivity index (χ0n) is 15.9. The van der Waals surface area contributed by atoms with Gasteiger partial charge in [0.2, 0.25) is 0 Å². The van der Waals surface area contributed by atoms with Gasteiger partial charge in [-0.15, -0.1) is 0 Å². The summed E-state index contributed by atoms with van der Waals surface area (Å²) in [6.07, 6.45) is 0.0134. The van der Waals surface area contributed by atoms with Gasteiger partial charge >= 0.3 is 13.5 Å². The van der Waals surface area contributed by atoms with Crippen molar-refractivity contribution in [1.29, 1.82) is 0 Å². The number of nitrogens with zero attached hydrogens (tertiary/aromatic N) is 3. The number of hydrogen-bond acceptors (Lipinski definition) is 11. The molecule has 1 aliphatic heterocycles. The molecular formula is C17H21N4O8P. The van der Waals surface area contributed by atoms with Crippen LogP contribution in [-0.2, 0) is 22.9 Å². The molecule has 1 saturated heterocycles. The molecule has 0 radical (unpaired) electrons. The molecule has 12 nitrogen and oxygen atoms in total. The molecule has 2 fully saturated rings. The monoisotopic (exact) mass is 440 g/mol. The van der Waals surface area contributed by atoms with Crippen LogP contribution >= 0.6 is 7.82 Å². The number of aliphatic hydroxyl groups is 2. The summed E-state index contributed by atoms with van der Waals surface area (Å²) >= 11 is 0. The zero-order valence-corrected chi connectivity index (χ0v) is 16.8. The largest absolute Gasteiger partial charge is 0.475 e. The summed E-state index contributed by atoms with van der Waals surface area (Å²) in [5.74, 6) is -0.0436. The summed E-state index contributed by atoms with van der Waals surface area (Å²) in [6.45, 7) is 0.0942. The van der Waals surface area contributed by atoms with E-state index >= 15 is 0 Å². The Bertz CT molecular complexity index is 1020. The number of phosphoric acid groups is 1. The summed E-state index contributed by atoms with van der Waals surface area (Å²) in [7, 11) is -2.83. The van der Waals surface area contributed by atoms with Crippen molar-refractivity contribution in [3.05, 3.63) is 52.8 Å². The molecule has 6 atom stereocenters. The van der Waals surface area contributed by atoms with E-state index in [1.54, 1.807) is 24.5 Å². The predicted molar refractivity (Wildman–Crippen MR) is 101 cm³/mol. The highest BCUT2D eigenvalue weighted by Crippen LogP contribution is 2.63. The molecule has 1 saturated carbocycles. The molecular weight excluding hydrogens is 419 g/mol. The molecule has 4 rings (SSSR count). The van der Waals surface area contributed by atoms with Crippen LogP contribution in [-0.4, -0.2) is 56.3 Å². The molecule has 2 aromatic rings. The van der Waals surface area contributed by atoms with Gasteiger partial charge < -0.3 is 20.7 Å². The van der Waals surface area contributed by atoms with Crippen LogP contribution in [0.25, 0.3) is 0 Å². The first-order valence-electron chi connectivity index (χ1n) is 9.07. The normalized spacial score (nSPS) is 34.4. The number of anilines is 1. The van der Waals surface area contributed by atoms with Crippen LogP contribution in [0.2, 0.25) is 0 Å². The van der Waals surface area contributed by atoms with Gasteiger partial charge in [0, 0.05) is 32.1 Å².